The first kappa shape index (κ1) is 26.0. The fourth-order valence-electron chi connectivity index (χ4n) is 4.39. The van der Waals surface area contributed by atoms with Crippen LogP contribution in [0.4, 0.5) is 21.5 Å². The van der Waals surface area contributed by atoms with Crippen LogP contribution in [0.3, 0.4) is 0 Å². The van der Waals surface area contributed by atoms with Crippen molar-refractivity contribution in [1.82, 2.24) is 5.32 Å². The number of hydrogen-bond donors (Lipinski definition) is 2. The van der Waals surface area contributed by atoms with Crippen LogP contribution in [0.2, 0.25) is 0 Å². The first-order valence-corrected chi connectivity index (χ1v) is 12.5. The summed E-state index contributed by atoms with van der Waals surface area (Å²) in [7, 11) is 1.67. The van der Waals surface area contributed by atoms with Crippen molar-refractivity contribution in [2.45, 2.75) is 26.3 Å². The maximum absolute atomic E-state index is 13.6. The average Bonchev–Trinajstić information content (AvgIpc) is 2.93. The second kappa shape index (κ2) is 11.8. The van der Waals surface area contributed by atoms with E-state index in [2.05, 4.69) is 26.5 Å². The summed E-state index contributed by atoms with van der Waals surface area (Å²) in [5, 5.41) is 5.83. The number of rotatable bonds is 8. The number of carbonyl (C=O) groups is 2. The third kappa shape index (κ3) is 6.20. The molecule has 1 saturated heterocycles. The third-order valence-electron chi connectivity index (χ3n) is 6.62. The van der Waals surface area contributed by atoms with Gasteiger partial charge in [-0.2, -0.15) is 0 Å². The number of methoxy groups -OCH3 is 1. The van der Waals surface area contributed by atoms with Crippen LogP contribution in [-0.4, -0.2) is 51.1 Å². The Kier molecular flexibility index (Phi) is 8.28. The minimum absolute atomic E-state index is 0.00767. The van der Waals surface area contributed by atoms with E-state index in [1.54, 1.807) is 25.3 Å². The van der Waals surface area contributed by atoms with Gasteiger partial charge in [0.2, 0.25) is 0 Å². The maximum Gasteiger partial charge on any atom is 0.255 e. The first-order valence-electron chi connectivity index (χ1n) is 12.5. The monoisotopic (exact) mass is 504 g/mol. The second-order valence-corrected chi connectivity index (χ2v) is 9.13. The van der Waals surface area contributed by atoms with Crippen molar-refractivity contribution in [3.8, 4) is 5.75 Å². The Morgan fingerprint density at radius 2 is 1.62 bits per heavy atom. The highest BCUT2D eigenvalue weighted by molar-refractivity contribution is 6.06. The fraction of sp³-hybridized carbons (Fsp3) is 0.310. The van der Waals surface area contributed by atoms with E-state index in [9.17, 15) is 14.0 Å². The highest BCUT2D eigenvalue weighted by atomic mass is 19.1. The number of ether oxygens (including phenoxy) is 1. The standard InChI is InChI=1S/C29H33FN4O3/c1-4-20(2)31-29(36)24-19-23(32-28(35)21-8-7-9-22(30)18-21)12-13-25(24)33-14-16-34(17-15-33)26-10-5-6-11-27(26)37-3/h5-13,18-20H,4,14-17H2,1-3H3,(H,31,36)(H,32,35). The van der Waals surface area contributed by atoms with E-state index < -0.39 is 11.7 Å². The minimum Gasteiger partial charge on any atom is -0.495 e. The van der Waals surface area contributed by atoms with Crippen molar-refractivity contribution in [3.63, 3.8) is 0 Å². The SMILES string of the molecule is CCC(C)NC(=O)c1cc(NC(=O)c2cccc(F)c2)ccc1N1CCN(c2ccccc2OC)CC1. The average molecular weight is 505 g/mol. The highest BCUT2D eigenvalue weighted by Crippen LogP contribution is 2.31. The summed E-state index contributed by atoms with van der Waals surface area (Å²) in [6, 6.07) is 18.8. The van der Waals surface area contributed by atoms with Crippen LogP contribution in [0.15, 0.2) is 66.7 Å². The van der Waals surface area contributed by atoms with Crippen LogP contribution in [-0.2, 0) is 0 Å². The lowest BCUT2D eigenvalue weighted by Crippen LogP contribution is -2.47. The lowest BCUT2D eigenvalue weighted by atomic mass is 10.1. The summed E-state index contributed by atoms with van der Waals surface area (Å²) in [6.45, 7) is 6.95. The molecular weight excluding hydrogens is 471 g/mol. The smallest absolute Gasteiger partial charge is 0.255 e. The van der Waals surface area contributed by atoms with Crippen molar-refractivity contribution in [3.05, 3.63) is 83.7 Å². The normalized spacial score (nSPS) is 14.2. The third-order valence-corrected chi connectivity index (χ3v) is 6.62. The zero-order valence-corrected chi connectivity index (χ0v) is 21.5. The largest absolute Gasteiger partial charge is 0.495 e. The van der Waals surface area contributed by atoms with E-state index in [1.165, 1.54) is 18.2 Å². The fourth-order valence-corrected chi connectivity index (χ4v) is 4.39. The van der Waals surface area contributed by atoms with E-state index in [0.29, 0.717) is 11.3 Å². The number of halogens is 1. The molecule has 194 valence electrons. The zero-order chi connectivity index (χ0) is 26.4. The number of piperazine rings is 1. The molecule has 1 atom stereocenters. The molecule has 0 bridgehead atoms. The second-order valence-electron chi connectivity index (χ2n) is 9.13. The molecule has 0 aliphatic carbocycles. The van der Waals surface area contributed by atoms with Gasteiger partial charge < -0.3 is 25.2 Å². The van der Waals surface area contributed by atoms with Gasteiger partial charge in [-0.25, -0.2) is 4.39 Å². The highest BCUT2D eigenvalue weighted by Gasteiger charge is 2.24. The quantitative estimate of drug-likeness (QED) is 0.455. The van der Waals surface area contributed by atoms with E-state index in [4.69, 9.17) is 4.74 Å². The molecule has 8 heteroatoms. The Balaban J connectivity index is 1.56. The van der Waals surface area contributed by atoms with Gasteiger partial charge in [0, 0.05) is 49.2 Å². The van der Waals surface area contributed by atoms with Gasteiger partial charge in [0.05, 0.1) is 18.4 Å². The van der Waals surface area contributed by atoms with Crippen LogP contribution in [0.1, 0.15) is 41.0 Å². The van der Waals surface area contributed by atoms with Crippen molar-refractivity contribution < 1.29 is 18.7 Å². The molecule has 0 radical (unpaired) electrons. The summed E-state index contributed by atoms with van der Waals surface area (Å²) in [4.78, 5) is 30.4. The number of anilines is 3. The maximum atomic E-state index is 13.6. The zero-order valence-electron chi connectivity index (χ0n) is 21.5. The summed E-state index contributed by atoms with van der Waals surface area (Å²) in [6.07, 6.45) is 0.800. The number of carbonyl (C=O) groups excluding carboxylic acids is 2. The van der Waals surface area contributed by atoms with E-state index in [-0.39, 0.29) is 17.5 Å². The minimum atomic E-state index is -0.483. The molecule has 3 aromatic carbocycles. The van der Waals surface area contributed by atoms with Crippen molar-refractivity contribution in [2.75, 3.05) is 48.4 Å². The van der Waals surface area contributed by atoms with Gasteiger partial charge >= 0.3 is 0 Å². The molecule has 1 fully saturated rings. The summed E-state index contributed by atoms with van der Waals surface area (Å²) in [5.41, 5.74) is 3.03. The van der Waals surface area contributed by atoms with E-state index >= 15 is 0 Å². The number of amides is 2. The Hall–Kier alpha value is -4.07. The molecule has 1 unspecified atom stereocenters. The number of para-hydroxylation sites is 2. The Morgan fingerprint density at radius 3 is 2.30 bits per heavy atom. The van der Waals surface area contributed by atoms with Crippen molar-refractivity contribution in [2.24, 2.45) is 0 Å². The van der Waals surface area contributed by atoms with Crippen molar-refractivity contribution >= 4 is 28.9 Å². The van der Waals surface area contributed by atoms with Gasteiger partial charge in [0.1, 0.15) is 11.6 Å². The molecule has 1 heterocycles. The molecule has 1 aliphatic heterocycles. The number of benzene rings is 3. The van der Waals surface area contributed by atoms with Gasteiger partial charge in [0.15, 0.2) is 0 Å². The molecule has 2 N–H and O–H groups in total. The lowest BCUT2D eigenvalue weighted by Gasteiger charge is -2.38. The van der Waals surface area contributed by atoms with E-state index in [1.807, 2.05) is 38.1 Å². The molecule has 0 aromatic heterocycles. The predicted octanol–water partition coefficient (Wildman–Crippen LogP) is 4.94. The Morgan fingerprint density at radius 1 is 0.919 bits per heavy atom. The molecule has 4 rings (SSSR count). The Labute approximate surface area is 217 Å². The molecule has 0 spiro atoms. The van der Waals surface area contributed by atoms with Gasteiger partial charge in [-0.15, -0.1) is 0 Å². The van der Waals surface area contributed by atoms with Crippen LogP contribution in [0, 0.1) is 5.82 Å². The van der Waals surface area contributed by atoms with Gasteiger partial charge in [-0.3, -0.25) is 9.59 Å². The predicted molar refractivity (Wildman–Crippen MR) is 145 cm³/mol. The molecule has 3 aromatic rings. The van der Waals surface area contributed by atoms with Gasteiger partial charge in [-0.1, -0.05) is 25.1 Å². The molecule has 7 nitrogen and oxygen atoms in total. The van der Waals surface area contributed by atoms with Crippen LogP contribution < -0.4 is 25.2 Å². The van der Waals surface area contributed by atoms with Crippen LogP contribution in [0.5, 0.6) is 5.75 Å². The molecular formula is C29H33FN4O3. The number of hydrogen-bond acceptors (Lipinski definition) is 5. The summed E-state index contributed by atoms with van der Waals surface area (Å²) < 4.78 is 19.1. The topological polar surface area (TPSA) is 73.9 Å². The van der Waals surface area contributed by atoms with Crippen LogP contribution in [0.25, 0.3) is 0 Å². The first-order chi connectivity index (χ1) is 17.9. The molecule has 1 aliphatic rings. The molecule has 0 saturated carbocycles. The number of nitrogens with zero attached hydrogens (tertiary/aromatic N) is 2. The number of nitrogens with one attached hydrogen (secondary N) is 2. The summed E-state index contributed by atoms with van der Waals surface area (Å²) in [5.74, 6) is -0.281. The van der Waals surface area contributed by atoms with Crippen molar-refractivity contribution in [1.29, 1.82) is 0 Å². The lowest BCUT2D eigenvalue weighted by molar-refractivity contribution is 0.0938. The van der Waals surface area contributed by atoms with Gasteiger partial charge in [0.25, 0.3) is 11.8 Å². The van der Waals surface area contributed by atoms with Gasteiger partial charge in [-0.05, 0) is 61.9 Å². The Bertz CT molecular complexity index is 1260. The molecule has 37 heavy (non-hydrogen) atoms. The summed E-state index contributed by atoms with van der Waals surface area (Å²) >= 11 is 0. The van der Waals surface area contributed by atoms with Crippen LogP contribution >= 0.6 is 0 Å². The molecule has 2 amide bonds. The van der Waals surface area contributed by atoms with E-state index in [0.717, 1.165) is 49.7 Å².